The molecule has 64 heavy (non-hydrogen) atoms. The van der Waals surface area contributed by atoms with Gasteiger partial charge in [0.15, 0.2) is 0 Å². The summed E-state index contributed by atoms with van der Waals surface area (Å²) in [7, 11) is 0. The average molecular weight is 823 g/mol. The molecule has 4 heteroatoms. The van der Waals surface area contributed by atoms with Gasteiger partial charge in [-0.05, 0) is 118 Å². The summed E-state index contributed by atoms with van der Waals surface area (Å²) in [6, 6.07) is 66.5. The molecule has 0 N–H and O–H groups in total. The fourth-order valence-electron chi connectivity index (χ4n) is 11.7. The highest BCUT2D eigenvalue weighted by molar-refractivity contribution is 6.24. The molecule has 4 nitrogen and oxygen atoms in total. The average Bonchev–Trinajstić information content (AvgIpc) is 3.90. The molecule has 0 radical (unpaired) electrons. The van der Waals surface area contributed by atoms with E-state index in [1.165, 1.54) is 55.2 Å². The van der Waals surface area contributed by atoms with Crippen molar-refractivity contribution in [3.05, 3.63) is 204 Å². The molecule has 0 saturated heterocycles. The lowest BCUT2D eigenvalue weighted by Gasteiger charge is -2.42. The van der Waals surface area contributed by atoms with Crippen LogP contribution in [0.25, 0.3) is 76.2 Å². The molecule has 0 aliphatic carbocycles. The van der Waals surface area contributed by atoms with Gasteiger partial charge in [-0.25, -0.2) is 0 Å². The molecule has 0 spiro atoms. The number of fused-ring (bicyclic) bond motifs is 17. The lowest BCUT2D eigenvalue weighted by Crippen LogP contribution is -2.30. The van der Waals surface area contributed by atoms with Gasteiger partial charge in [0, 0.05) is 65.6 Å². The van der Waals surface area contributed by atoms with Crippen LogP contribution in [0.2, 0.25) is 0 Å². The largest absolute Gasteiger partial charge is 0.455 e. The van der Waals surface area contributed by atoms with Crippen LogP contribution < -0.4 is 9.80 Å². The van der Waals surface area contributed by atoms with E-state index in [1.807, 2.05) is 0 Å². The van der Waals surface area contributed by atoms with Crippen molar-refractivity contribution in [2.45, 2.75) is 38.5 Å². The number of hydrogen-bond acceptors (Lipinski definition) is 4. The minimum Gasteiger partial charge on any atom is -0.455 e. The second kappa shape index (κ2) is 12.4. The van der Waals surface area contributed by atoms with E-state index in [2.05, 4.69) is 219 Å². The lowest BCUT2D eigenvalue weighted by molar-refractivity contribution is 0.602. The van der Waals surface area contributed by atoms with E-state index in [9.17, 15) is 0 Å². The van der Waals surface area contributed by atoms with Gasteiger partial charge in [-0.15, -0.1) is 0 Å². The van der Waals surface area contributed by atoms with E-state index in [4.69, 9.17) is 8.83 Å². The number of rotatable bonds is 2. The smallest absolute Gasteiger partial charge is 0.143 e. The Kier molecular flexibility index (Phi) is 6.94. The Morgan fingerprint density at radius 1 is 0.312 bits per heavy atom. The molecule has 0 atom stereocenters. The maximum Gasteiger partial charge on any atom is 0.143 e. The Morgan fingerprint density at radius 2 is 0.656 bits per heavy atom. The molecule has 0 bridgehead atoms. The summed E-state index contributed by atoms with van der Waals surface area (Å²) in [5, 5.41) is 11.4. The van der Waals surface area contributed by atoms with Crippen molar-refractivity contribution in [1.82, 2.24) is 0 Å². The molecule has 0 fully saturated rings. The van der Waals surface area contributed by atoms with Gasteiger partial charge in [-0.2, -0.15) is 0 Å². The number of hydrogen-bond donors (Lipinski definition) is 0. The molecule has 14 rings (SSSR count). The maximum absolute atomic E-state index is 7.27. The molecule has 10 aromatic carbocycles. The lowest BCUT2D eigenvalue weighted by atomic mass is 9.73. The fraction of sp³-hybridized carbons (Fsp3) is 0.100. The molecule has 2 aliphatic heterocycles. The Bertz CT molecular complexity index is 3740. The van der Waals surface area contributed by atoms with Gasteiger partial charge in [0.05, 0.1) is 22.7 Å². The summed E-state index contributed by atoms with van der Waals surface area (Å²) < 4.78 is 14.5. The zero-order valence-electron chi connectivity index (χ0n) is 36.0. The monoisotopic (exact) mass is 822 g/mol. The van der Waals surface area contributed by atoms with E-state index < -0.39 is 0 Å². The Morgan fingerprint density at radius 3 is 1.08 bits per heavy atom. The summed E-state index contributed by atoms with van der Waals surface area (Å²) in [6.45, 7) is 9.36. The van der Waals surface area contributed by atoms with E-state index in [-0.39, 0.29) is 10.8 Å². The van der Waals surface area contributed by atoms with Crippen molar-refractivity contribution in [3.63, 3.8) is 0 Å². The summed E-state index contributed by atoms with van der Waals surface area (Å²) in [6.07, 6.45) is 0. The van der Waals surface area contributed by atoms with Crippen molar-refractivity contribution < 1.29 is 8.83 Å². The predicted molar refractivity (Wildman–Crippen MR) is 267 cm³/mol. The third-order valence-electron chi connectivity index (χ3n) is 14.7. The second-order valence-electron chi connectivity index (χ2n) is 18.9. The van der Waals surface area contributed by atoms with Gasteiger partial charge in [0.2, 0.25) is 0 Å². The van der Waals surface area contributed by atoms with Crippen LogP contribution in [-0.2, 0) is 10.8 Å². The Hall–Kier alpha value is -7.82. The first-order valence-electron chi connectivity index (χ1n) is 22.3. The van der Waals surface area contributed by atoms with Crippen molar-refractivity contribution in [1.29, 1.82) is 0 Å². The summed E-state index contributed by atoms with van der Waals surface area (Å²) >= 11 is 0. The molecular formula is C60H42N2O2. The summed E-state index contributed by atoms with van der Waals surface area (Å²) in [5.41, 5.74) is 14.8. The Balaban J connectivity index is 0.988. The van der Waals surface area contributed by atoms with Crippen molar-refractivity contribution in [2.24, 2.45) is 0 Å². The molecule has 12 aromatic rings. The minimum absolute atomic E-state index is 0.334. The van der Waals surface area contributed by atoms with Crippen molar-refractivity contribution in [3.8, 4) is 0 Å². The van der Waals surface area contributed by atoms with Gasteiger partial charge in [-0.1, -0.05) is 125 Å². The highest BCUT2D eigenvalue weighted by Crippen LogP contribution is 2.57. The zero-order valence-corrected chi connectivity index (χ0v) is 36.0. The van der Waals surface area contributed by atoms with Gasteiger partial charge < -0.3 is 18.6 Å². The third-order valence-corrected chi connectivity index (χ3v) is 14.7. The van der Waals surface area contributed by atoms with E-state index in [0.29, 0.717) is 0 Å². The molecule has 0 amide bonds. The van der Waals surface area contributed by atoms with Gasteiger partial charge in [0.1, 0.15) is 22.3 Å². The van der Waals surface area contributed by atoms with Crippen molar-refractivity contribution >= 4 is 110 Å². The zero-order chi connectivity index (χ0) is 42.6. The molecule has 0 unspecified atom stereocenters. The maximum atomic E-state index is 7.27. The SMILES string of the molecule is CC1(C)c2ccccc2N(c2ccc3ccccc3c2)c2ccc3c(oc4c3ccc3c4ccc4c5ccc6c(c5oc43)C(C)(C)c3ccccc3N6c3ccc4ccccc4c3)c21. The highest BCUT2D eigenvalue weighted by Gasteiger charge is 2.41. The third kappa shape index (κ3) is 4.62. The molecule has 2 aliphatic rings. The van der Waals surface area contributed by atoms with E-state index >= 15 is 0 Å². The number of anilines is 6. The van der Waals surface area contributed by atoms with E-state index in [1.54, 1.807) is 0 Å². The van der Waals surface area contributed by atoms with Gasteiger partial charge in [-0.3, -0.25) is 0 Å². The topological polar surface area (TPSA) is 32.8 Å². The Labute approximate surface area is 370 Å². The van der Waals surface area contributed by atoms with Crippen LogP contribution >= 0.6 is 0 Å². The molecular weight excluding hydrogens is 781 g/mol. The number of para-hydroxylation sites is 2. The van der Waals surface area contributed by atoms with Crippen LogP contribution in [0.5, 0.6) is 0 Å². The molecule has 2 aromatic heterocycles. The first kappa shape index (κ1) is 35.7. The minimum atomic E-state index is -0.334. The van der Waals surface area contributed by atoms with Crippen LogP contribution in [0.4, 0.5) is 34.1 Å². The molecule has 4 heterocycles. The van der Waals surface area contributed by atoms with Crippen LogP contribution in [-0.4, -0.2) is 0 Å². The molecule has 0 saturated carbocycles. The number of benzene rings is 10. The van der Waals surface area contributed by atoms with Crippen LogP contribution in [0.1, 0.15) is 49.9 Å². The van der Waals surface area contributed by atoms with Crippen LogP contribution in [0.3, 0.4) is 0 Å². The highest BCUT2D eigenvalue weighted by atomic mass is 16.3. The van der Waals surface area contributed by atoms with Gasteiger partial charge >= 0.3 is 0 Å². The standard InChI is InChI=1S/C60H42N2O2/c1-59(2)47-17-9-11-19-49(47)61(39-23-21-35-13-5-7-15-37(35)33-39)51-31-29-45-43-27-25-42-41(55(43)63-57(45)53(51)59)26-28-44-46-30-32-52-54(58(46)64-56(42)44)60(3,4)48-18-10-12-20-50(48)62(52)40-24-22-36-14-6-8-16-38(36)34-40/h5-34H,1-4H3. The molecule has 304 valence electrons. The predicted octanol–water partition coefficient (Wildman–Crippen LogP) is 17.2. The van der Waals surface area contributed by atoms with E-state index in [0.717, 1.165) is 77.4 Å². The second-order valence-corrected chi connectivity index (χ2v) is 18.9. The number of nitrogens with zero attached hydrogens (tertiary/aromatic N) is 2. The quantitative estimate of drug-likeness (QED) is 0.174. The van der Waals surface area contributed by atoms with Crippen molar-refractivity contribution in [2.75, 3.05) is 9.80 Å². The summed E-state index contributed by atoms with van der Waals surface area (Å²) in [5.74, 6) is 0. The van der Waals surface area contributed by atoms with Gasteiger partial charge in [0.25, 0.3) is 0 Å². The fourth-order valence-corrected chi connectivity index (χ4v) is 11.7. The normalized spacial score (nSPS) is 15.1. The van der Waals surface area contributed by atoms with Crippen LogP contribution in [0, 0.1) is 0 Å². The number of furan rings is 2. The summed E-state index contributed by atoms with van der Waals surface area (Å²) in [4.78, 5) is 4.85. The first-order valence-corrected chi connectivity index (χ1v) is 22.3. The first-order chi connectivity index (χ1) is 31.3. The van der Waals surface area contributed by atoms with Crippen LogP contribution in [0.15, 0.2) is 191 Å².